The molecule has 31 heavy (non-hydrogen) atoms. The van der Waals surface area contributed by atoms with Crippen molar-refractivity contribution in [1.29, 1.82) is 0 Å². The first-order valence-corrected chi connectivity index (χ1v) is 10.7. The monoisotopic (exact) mass is 424 g/mol. The highest BCUT2D eigenvalue weighted by molar-refractivity contribution is 6.07. The third-order valence-corrected chi connectivity index (χ3v) is 6.38. The number of carbonyl (C=O) groups excluding carboxylic acids is 3. The van der Waals surface area contributed by atoms with Gasteiger partial charge in [0, 0.05) is 31.2 Å². The van der Waals surface area contributed by atoms with E-state index in [9.17, 15) is 14.4 Å². The number of methoxy groups -OCH3 is 1. The van der Waals surface area contributed by atoms with E-state index in [2.05, 4.69) is 5.32 Å². The van der Waals surface area contributed by atoms with Crippen LogP contribution < -0.4 is 5.32 Å². The maximum absolute atomic E-state index is 13.1. The molecule has 7 nitrogen and oxygen atoms in total. The number of esters is 1. The summed E-state index contributed by atoms with van der Waals surface area (Å²) in [7, 11) is 1.34. The molecule has 2 aromatic rings. The SMILES string of the molecule is COC(=O)CC1(NC(=O)C2CCN(C(=O)c3cccc4ccccc34)CC2)CCOC1. The molecule has 2 saturated heterocycles. The molecule has 2 fully saturated rings. The molecule has 2 aliphatic heterocycles. The van der Waals surface area contributed by atoms with E-state index in [1.807, 2.05) is 47.4 Å². The number of benzene rings is 2. The minimum Gasteiger partial charge on any atom is -0.469 e. The molecule has 1 atom stereocenters. The summed E-state index contributed by atoms with van der Waals surface area (Å²) in [4.78, 5) is 39.7. The first kappa shape index (κ1) is 21.3. The minimum atomic E-state index is -0.694. The Bertz CT molecular complexity index is 970. The van der Waals surface area contributed by atoms with Crippen molar-refractivity contribution in [3.8, 4) is 0 Å². The predicted octanol–water partition coefficient (Wildman–Crippen LogP) is 2.53. The Hall–Kier alpha value is -2.93. The Labute approximate surface area is 181 Å². The van der Waals surface area contributed by atoms with Gasteiger partial charge in [-0.2, -0.15) is 0 Å². The number of nitrogens with zero attached hydrogens (tertiary/aromatic N) is 1. The maximum Gasteiger partial charge on any atom is 0.307 e. The standard InChI is InChI=1S/C24H28N2O5/c1-30-21(27)15-24(11-14-31-16-24)25-22(28)18-9-12-26(13-10-18)23(29)20-8-4-6-17-5-2-3-7-19(17)20/h2-8,18H,9-16H2,1H3,(H,25,28). The van der Waals surface area contributed by atoms with Crippen LogP contribution in [0.4, 0.5) is 0 Å². The highest BCUT2D eigenvalue weighted by Gasteiger charge is 2.41. The number of rotatable bonds is 5. The number of fused-ring (bicyclic) bond motifs is 1. The fraction of sp³-hybridized carbons (Fsp3) is 0.458. The molecule has 2 amide bonds. The topological polar surface area (TPSA) is 84.9 Å². The van der Waals surface area contributed by atoms with Gasteiger partial charge >= 0.3 is 5.97 Å². The molecular weight excluding hydrogens is 396 g/mol. The third kappa shape index (κ3) is 4.56. The number of hydrogen-bond donors (Lipinski definition) is 1. The zero-order valence-corrected chi connectivity index (χ0v) is 17.8. The lowest BCUT2D eigenvalue weighted by Gasteiger charge is -2.34. The van der Waals surface area contributed by atoms with E-state index in [-0.39, 0.29) is 30.1 Å². The van der Waals surface area contributed by atoms with Crippen molar-refractivity contribution >= 4 is 28.6 Å². The molecule has 7 heteroatoms. The molecule has 2 heterocycles. The van der Waals surface area contributed by atoms with Crippen molar-refractivity contribution in [2.75, 3.05) is 33.4 Å². The second-order valence-electron chi connectivity index (χ2n) is 8.42. The van der Waals surface area contributed by atoms with Crippen LogP contribution in [-0.2, 0) is 19.1 Å². The van der Waals surface area contributed by atoms with Crippen molar-refractivity contribution < 1.29 is 23.9 Å². The Kier molecular flexibility index (Phi) is 6.23. The van der Waals surface area contributed by atoms with Crippen LogP contribution >= 0.6 is 0 Å². The number of likely N-dealkylation sites (tertiary alicyclic amines) is 1. The number of hydrogen-bond acceptors (Lipinski definition) is 5. The van der Waals surface area contributed by atoms with Crippen molar-refractivity contribution in [2.24, 2.45) is 5.92 Å². The Morgan fingerprint density at radius 2 is 1.87 bits per heavy atom. The Morgan fingerprint density at radius 3 is 2.58 bits per heavy atom. The van der Waals surface area contributed by atoms with Crippen molar-refractivity contribution in [3.05, 3.63) is 48.0 Å². The second-order valence-corrected chi connectivity index (χ2v) is 8.42. The number of carbonyl (C=O) groups is 3. The molecule has 2 aliphatic rings. The molecule has 4 rings (SSSR count). The van der Waals surface area contributed by atoms with Gasteiger partial charge in [-0.15, -0.1) is 0 Å². The maximum atomic E-state index is 13.1. The first-order valence-electron chi connectivity index (χ1n) is 10.7. The summed E-state index contributed by atoms with van der Waals surface area (Å²) in [6, 6.07) is 13.6. The summed E-state index contributed by atoms with van der Waals surface area (Å²) < 4.78 is 10.2. The fourth-order valence-electron chi connectivity index (χ4n) is 4.53. The van der Waals surface area contributed by atoms with Gasteiger partial charge in [-0.05, 0) is 36.1 Å². The van der Waals surface area contributed by atoms with E-state index in [1.165, 1.54) is 7.11 Å². The average molecular weight is 424 g/mol. The molecule has 2 aromatic carbocycles. The first-order chi connectivity index (χ1) is 15.0. The fourth-order valence-corrected chi connectivity index (χ4v) is 4.53. The molecule has 164 valence electrons. The summed E-state index contributed by atoms with van der Waals surface area (Å²) in [6.07, 6.45) is 1.88. The van der Waals surface area contributed by atoms with E-state index in [0.717, 1.165) is 10.8 Å². The van der Waals surface area contributed by atoms with Crippen molar-refractivity contribution in [1.82, 2.24) is 10.2 Å². The summed E-state index contributed by atoms with van der Waals surface area (Å²) >= 11 is 0. The van der Waals surface area contributed by atoms with Crippen molar-refractivity contribution in [3.63, 3.8) is 0 Å². The van der Waals surface area contributed by atoms with Gasteiger partial charge < -0.3 is 19.7 Å². The number of piperidine rings is 1. The lowest BCUT2D eigenvalue weighted by molar-refractivity contribution is -0.143. The predicted molar refractivity (Wildman–Crippen MR) is 116 cm³/mol. The van der Waals surface area contributed by atoms with Gasteiger partial charge in [-0.1, -0.05) is 36.4 Å². The van der Waals surface area contributed by atoms with Crippen LogP contribution in [0.1, 0.15) is 36.0 Å². The van der Waals surface area contributed by atoms with Gasteiger partial charge in [0.15, 0.2) is 0 Å². The summed E-state index contributed by atoms with van der Waals surface area (Å²) in [5.74, 6) is -0.623. The molecule has 0 aromatic heterocycles. The van der Waals surface area contributed by atoms with Gasteiger partial charge in [-0.25, -0.2) is 0 Å². The van der Waals surface area contributed by atoms with Crippen LogP contribution in [0.2, 0.25) is 0 Å². The minimum absolute atomic E-state index is 0.00186. The number of ether oxygens (including phenoxy) is 2. The van der Waals surface area contributed by atoms with Crippen LogP contribution in [0.5, 0.6) is 0 Å². The lowest BCUT2D eigenvalue weighted by Crippen LogP contribution is -2.53. The normalized spacial score (nSPS) is 21.8. The molecule has 1 N–H and O–H groups in total. The smallest absolute Gasteiger partial charge is 0.307 e. The molecule has 0 spiro atoms. The largest absolute Gasteiger partial charge is 0.469 e. The number of nitrogens with one attached hydrogen (secondary N) is 1. The number of amides is 2. The summed E-state index contributed by atoms with van der Waals surface area (Å²) in [6.45, 7) is 1.88. The van der Waals surface area contributed by atoms with E-state index in [0.29, 0.717) is 51.1 Å². The van der Waals surface area contributed by atoms with Gasteiger partial charge in [0.25, 0.3) is 5.91 Å². The third-order valence-electron chi connectivity index (χ3n) is 6.38. The Morgan fingerprint density at radius 1 is 1.13 bits per heavy atom. The summed E-state index contributed by atoms with van der Waals surface area (Å²) in [5.41, 5.74) is 0.00114. The molecule has 0 saturated carbocycles. The zero-order valence-electron chi connectivity index (χ0n) is 17.8. The van der Waals surface area contributed by atoms with E-state index < -0.39 is 5.54 Å². The van der Waals surface area contributed by atoms with Crippen LogP contribution in [0.25, 0.3) is 10.8 Å². The van der Waals surface area contributed by atoms with Gasteiger partial charge in [-0.3, -0.25) is 14.4 Å². The van der Waals surface area contributed by atoms with Crippen molar-refractivity contribution in [2.45, 2.75) is 31.2 Å². The molecule has 0 bridgehead atoms. The van der Waals surface area contributed by atoms with Crippen LogP contribution in [0.3, 0.4) is 0 Å². The highest BCUT2D eigenvalue weighted by Crippen LogP contribution is 2.27. The average Bonchev–Trinajstić information content (AvgIpc) is 3.25. The van der Waals surface area contributed by atoms with Crippen LogP contribution in [-0.4, -0.2) is 61.6 Å². The van der Waals surface area contributed by atoms with E-state index >= 15 is 0 Å². The van der Waals surface area contributed by atoms with Gasteiger partial charge in [0.05, 0.1) is 25.7 Å². The quantitative estimate of drug-likeness (QED) is 0.746. The molecule has 1 unspecified atom stereocenters. The highest BCUT2D eigenvalue weighted by atomic mass is 16.5. The summed E-state index contributed by atoms with van der Waals surface area (Å²) in [5, 5.41) is 5.04. The molecule has 0 aliphatic carbocycles. The van der Waals surface area contributed by atoms with E-state index in [1.54, 1.807) is 0 Å². The van der Waals surface area contributed by atoms with Gasteiger partial charge in [0.1, 0.15) is 0 Å². The zero-order chi connectivity index (χ0) is 21.8. The van der Waals surface area contributed by atoms with Gasteiger partial charge in [0.2, 0.25) is 5.91 Å². The van der Waals surface area contributed by atoms with E-state index in [4.69, 9.17) is 9.47 Å². The van der Waals surface area contributed by atoms with Crippen LogP contribution in [0.15, 0.2) is 42.5 Å². The molecular formula is C24H28N2O5. The molecule has 0 radical (unpaired) electrons. The van der Waals surface area contributed by atoms with Crippen LogP contribution in [0, 0.1) is 5.92 Å². The Balaban J connectivity index is 1.38. The second kappa shape index (κ2) is 9.06. The lowest BCUT2D eigenvalue weighted by atomic mass is 9.90.